The third-order valence-corrected chi connectivity index (χ3v) is 4.11. The van der Waals surface area contributed by atoms with Crippen molar-refractivity contribution in [3.05, 3.63) is 46.2 Å². The van der Waals surface area contributed by atoms with Crippen molar-refractivity contribution in [1.82, 2.24) is 9.78 Å². The van der Waals surface area contributed by atoms with Crippen LogP contribution in [0.3, 0.4) is 0 Å². The summed E-state index contributed by atoms with van der Waals surface area (Å²) in [5.41, 5.74) is 2.56. The third kappa shape index (κ3) is 5.16. The number of rotatable bonds is 7. The smallest absolute Gasteiger partial charge is 0.306 e. The van der Waals surface area contributed by atoms with Crippen molar-refractivity contribution < 1.29 is 19.1 Å². The minimum atomic E-state index is -0.609. The number of anilines is 1. The molecule has 0 aliphatic rings. The topological polar surface area (TPSA) is 90.3 Å². The Balaban J connectivity index is 1.76. The maximum absolute atomic E-state index is 12.0. The van der Waals surface area contributed by atoms with E-state index in [0.29, 0.717) is 22.0 Å². The first-order chi connectivity index (χ1) is 12.3. The summed E-state index contributed by atoms with van der Waals surface area (Å²) in [5.74, 6) is -1.26. The molecular formula is C18H20ClN3O4. The van der Waals surface area contributed by atoms with Gasteiger partial charge in [0.25, 0.3) is 5.91 Å². The lowest BCUT2D eigenvalue weighted by atomic mass is 10.1. The fraction of sp³-hybridized carbons (Fsp3) is 0.333. The number of ether oxygens (including phenoxy) is 1. The second kappa shape index (κ2) is 8.62. The van der Waals surface area contributed by atoms with Gasteiger partial charge in [-0.1, -0.05) is 11.6 Å². The van der Waals surface area contributed by atoms with Crippen LogP contribution in [0, 0.1) is 13.8 Å². The second-order valence-electron chi connectivity index (χ2n) is 5.81. The maximum Gasteiger partial charge on any atom is 0.306 e. The van der Waals surface area contributed by atoms with Gasteiger partial charge in [-0.05, 0) is 38.1 Å². The molecule has 26 heavy (non-hydrogen) atoms. The van der Waals surface area contributed by atoms with Crippen molar-refractivity contribution >= 4 is 34.9 Å². The molecule has 0 atom stereocenters. The molecule has 2 rings (SSSR count). The summed E-state index contributed by atoms with van der Waals surface area (Å²) < 4.78 is 6.57. The van der Waals surface area contributed by atoms with E-state index in [2.05, 4.69) is 10.4 Å². The van der Waals surface area contributed by atoms with Crippen LogP contribution in [0.5, 0.6) is 0 Å². The number of esters is 1. The molecule has 1 aromatic carbocycles. The Hall–Kier alpha value is -2.67. The number of hydrogen-bond acceptors (Lipinski definition) is 5. The summed E-state index contributed by atoms with van der Waals surface area (Å²) in [6.07, 6.45) is -0.0946. The molecule has 138 valence electrons. The maximum atomic E-state index is 12.0. The lowest BCUT2D eigenvalue weighted by molar-refractivity contribution is -0.147. The first kappa shape index (κ1) is 19.7. The van der Waals surface area contributed by atoms with Crippen LogP contribution in [0.15, 0.2) is 24.3 Å². The minimum Gasteiger partial charge on any atom is -0.456 e. The Bertz CT molecular complexity index is 828. The molecule has 1 heterocycles. The summed E-state index contributed by atoms with van der Waals surface area (Å²) in [5, 5.41) is 7.40. The monoisotopic (exact) mass is 377 g/mol. The molecule has 1 N–H and O–H groups in total. The highest BCUT2D eigenvalue weighted by Gasteiger charge is 2.15. The van der Waals surface area contributed by atoms with Gasteiger partial charge in [0.2, 0.25) is 0 Å². The average Bonchev–Trinajstić information content (AvgIpc) is 2.84. The van der Waals surface area contributed by atoms with Gasteiger partial charge in [-0.2, -0.15) is 5.10 Å². The van der Waals surface area contributed by atoms with E-state index in [1.807, 2.05) is 6.92 Å². The molecule has 7 nitrogen and oxygen atoms in total. The first-order valence-corrected chi connectivity index (χ1v) is 8.40. The summed E-state index contributed by atoms with van der Waals surface area (Å²) in [6, 6.07) is 6.42. The number of nitrogens with zero attached hydrogens (tertiary/aromatic N) is 2. The number of Topliss-reactive ketones (excluding diaryl/α,β-unsaturated/α-hetero) is 1. The third-order valence-electron chi connectivity index (χ3n) is 3.86. The SMILES string of the molecule is Cc1nn(C)c(C)c1NC(=O)COC(=O)CCC(=O)c1ccc(Cl)cc1. The van der Waals surface area contributed by atoms with Crippen molar-refractivity contribution in [2.45, 2.75) is 26.7 Å². The lowest BCUT2D eigenvalue weighted by Crippen LogP contribution is -2.21. The quantitative estimate of drug-likeness (QED) is 0.591. The molecule has 0 aliphatic heterocycles. The van der Waals surface area contributed by atoms with E-state index in [4.69, 9.17) is 16.3 Å². The van der Waals surface area contributed by atoms with Crippen LogP contribution in [-0.4, -0.2) is 34.0 Å². The van der Waals surface area contributed by atoms with Crippen LogP contribution in [0.1, 0.15) is 34.6 Å². The number of amides is 1. The van der Waals surface area contributed by atoms with Gasteiger partial charge in [-0.25, -0.2) is 0 Å². The Kier molecular flexibility index (Phi) is 6.52. The molecule has 0 saturated heterocycles. The van der Waals surface area contributed by atoms with Crippen LogP contribution in [-0.2, 0) is 21.4 Å². The first-order valence-electron chi connectivity index (χ1n) is 8.02. The normalized spacial score (nSPS) is 10.5. The highest BCUT2D eigenvalue weighted by molar-refractivity contribution is 6.30. The highest BCUT2D eigenvalue weighted by atomic mass is 35.5. The molecule has 0 saturated carbocycles. The summed E-state index contributed by atoms with van der Waals surface area (Å²) in [6.45, 7) is 3.18. The zero-order valence-electron chi connectivity index (χ0n) is 14.8. The lowest BCUT2D eigenvalue weighted by Gasteiger charge is -2.07. The summed E-state index contributed by atoms with van der Waals surface area (Å²) in [4.78, 5) is 35.6. The van der Waals surface area contributed by atoms with E-state index in [9.17, 15) is 14.4 Å². The zero-order chi connectivity index (χ0) is 19.3. The van der Waals surface area contributed by atoms with E-state index in [-0.39, 0.29) is 18.6 Å². The van der Waals surface area contributed by atoms with Gasteiger partial charge >= 0.3 is 5.97 Å². The second-order valence-corrected chi connectivity index (χ2v) is 6.24. The molecule has 0 radical (unpaired) electrons. The van der Waals surface area contributed by atoms with Crippen molar-refractivity contribution in [3.63, 3.8) is 0 Å². The number of benzene rings is 1. The molecule has 0 bridgehead atoms. The van der Waals surface area contributed by atoms with Crippen LogP contribution in [0.2, 0.25) is 5.02 Å². The number of carbonyl (C=O) groups excluding carboxylic acids is 3. The van der Waals surface area contributed by atoms with E-state index in [1.54, 1.807) is 42.9 Å². The Morgan fingerprint density at radius 1 is 1.15 bits per heavy atom. The van der Waals surface area contributed by atoms with Gasteiger partial charge in [0.05, 0.1) is 23.5 Å². The molecular weight excluding hydrogens is 358 g/mol. The Morgan fingerprint density at radius 3 is 2.38 bits per heavy atom. The molecule has 2 aromatic rings. The van der Waals surface area contributed by atoms with Gasteiger partial charge in [-0.3, -0.25) is 19.1 Å². The molecule has 1 amide bonds. The molecule has 0 spiro atoms. The van der Waals surface area contributed by atoms with Gasteiger partial charge in [-0.15, -0.1) is 0 Å². The number of carbonyl (C=O) groups is 3. The van der Waals surface area contributed by atoms with Crippen molar-refractivity contribution in [1.29, 1.82) is 0 Å². The largest absolute Gasteiger partial charge is 0.456 e. The standard InChI is InChI=1S/C18H20ClN3O4/c1-11-18(12(2)22(3)21-11)20-16(24)10-26-17(25)9-8-15(23)13-4-6-14(19)7-5-13/h4-7H,8-10H2,1-3H3,(H,20,24). The molecule has 0 fully saturated rings. The highest BCUT2D eigenvalue weighted by Crippen LogP contribution is 2.18. The summed E-state index contributed by atoms with van der Waals surface area (Å²) >= 11 is 5.77. The molecule has 0 unspecified atom stereocenters. The van der Waals surface area contributed by atoms with E-state index in [1.165, 1.54) is 0 Å². The minimum absolute atomic E-state index is 0.00288. The van der Waals surface area contributed by atoms with Gasteiger partial charge in [0, 0.05) is 24.1 Å². The number of aryl methyl sites for hydroxylation is 2. The van der Waals surface area contributed by atoms with Crippen LogP contribution in [0.4, 0.5) is 5.69 Å². The Morgan fingerprint density at radius 2 is 1.81 bits per heavy atom. The van der Waals surface area contributed by atoms with E-state index >= 15 is 0 Å². The van der Waals surface area contributed by atoms with Crippen molar-refractivity contribution in [2.24, 2.45) is 7.05 Å². The number of halogens is 1. The number of ketones is 1. The zero-order valence-corrected chi connectivity index (χ0v) is 15.6. The number of hydrogen-bond donors (Lipinski definition) is 1. The predicted molar refractivity (Wildman–Crippen MR) is 97.3 cm³/mol. The molecule has 8 heteroatoms. The van der Waals surface area contributed by atoms with Gasteiger partial charge < -0.3 is 10.1 Å². The number of nitrogens with one attached hydrogen (secondary N) is 1. The van der Waals surface area contributed by atoms with E-state index in [0.717, 1.165) is 5.69 Å². The van der Waals surface area contributed by atoms with Gasteiger partial charge in [0.15, 0.2) is 12.4 Å². The van der Waals surface area contributed by atoms with Crippen LogP contribution < -0.4 is 5.32 Å². The van der Waals surface area contributed by atoms with Crippen LogP contribution >= 0.6 is 11.6 Å². The van der Waals surface area contributed by atoms with Crippen molar-refractivity contribution in [2.75, 3.05) is 11.9 Å². The Labute approximate surface area is 156 Å². The fourth-order valence-corrected chi connectivity index (χ4v) is 2.47. The average molecular weight is 378 g/mol. The van der Waals surface area contributed by atoms with Crippen molar-refractivity contribution in [3.8, 4) is 0 Å². The van der Waals surface area contributed by atoms with Gasteiger partial charge in [0.1, 0.15) is 0 Å². The van der Waals surface area contributed by atoms with Crippen LogP contribution in [0.25, 0.3) is 0 Å². The molecule has 1 aromatic heterocycles. The molecule has 0 aliphatic carbocycles. The number of aromatic nitrogens is 2. The summed E-state index contributed by atoms with van der Waals surface area (Å²) in [7, 11) is 1.77. The van der Waals surface area contributed by atoms with E-state index < -0.39 is 18.5 Å². The predicted octanol–water partition coefficient (Wildman–Crippen LogP) is 2.84. The fourth-order valence-electron chi connectivity index (χ4n) is 2.34.